The van der Waals surface area contributed by atoms with Crippen molar-refractivity contribution < 1.29 is 32.7 Å². The maximum Gasteiger partial charge on any atom is 0.340 e. The molecule has 0 amide bonds. The highest BCUT2D eigenvalue weighted by Gasteiger charge is 2.28. The summed E-state index contributed by atoms with van der Waals surface area (Å²) in [5.74, 6) is -0.997. The van der Waals surface area contributed by atoms with Crippen LogP contribution in [0.15, 0.2) is 12.7 Å². The largest absolute Gasteiger partial charge is 0.438 e. The lowest BCUT2D eigenvalue weighted by Gasteiger charge is -2.21. The predicted molar refractivity (Wildman–Crippen MR) is 85.7 cm³/mol. The van der Waals surface area contributed by atoms with Crippen LogP contribution in [-0.2, 0) is 32.7 Å². The van der Waals surface area contributed by atoms with Crippen LogP contribution in [0.1, 0.15) is 41.5 Å². The SMILES string of the molecule is C=CCP(=O)(OCOC(=O)C(C)(C)C)OCOC(=O)C(C)(C)C. The van der Waals surface area contributed by atoms with Crippen LogP contribution in [0.3, 0.4) is 0 Å². The number of carbonyl (C=O) groups is 2. The van der Waals surface area contributed by atoms with Crippen LogP contribution in [0.4, 0.5) is 0 Å². The van der Waals surface area contributed by atoms with Crippen molar-refractivity contribution in [2.45, 2.75) is 41.5 Å². The first-order chi connectivity index (χ1) is 10.3. The van der Waals surface area contributed by atoms with Gasteiger partial charge in [0.15, 0.2) is 0 Å². The molecule has 0 rings (SSSR count). The second-order valence-electron chi connectivity index (χ2n) is 6.94. The number of hydrogen-bond acceptors (Lipinski definition) is 7. The molecule has 0 unspecified atom stereocenters. The molecule has 23 heavy (non-hydrogen) atoms. The Kier molecular flexibility index (Phi) is 8.18. The molecular formula is C15H27O7P. The fourth-order valence-electron chi connectivity index (χ4n) is 1.05. The number of ether oxygens (including phenoxy) is 2. The highest BCUT2D eigenvalue weighted by molar-refractivity contribution is 7.54. The Morgan fingerprint density at radius 2 is 1.26 bits per heavy atom. The van der Waals surface area contributed by atoms with Gasteiger partial charge in [0.05, 0.1) is 17.0 Å². The molecule has 7 nitrogen and oxygen atoms in total. The topological polar surface area (TPSA) is 88.1 Å². The van der Waals surface area contributed by atoms with Gasteiger partial charge in [-0.2, -0.15) is 0 Å². The summed E-state index contributed by atoms with van der Waals surface area (Å²) in [6.07, 6.45) is 1.24. The van der Waals surface area contributed by atoms with Crippen molar-refractivity contribution in [3.8, 4) is 0 Å². The number of allylic oxidation sites excluding steroid dienone is 1. The fraction of sp³-hybridized carbons (Fsp3) is 0.733. The maximum atomic E-state index is 12.4. The van der Waals surface area contributed by atoms with E-state index >= 15 is 0 Å². The van der Waals surface area contributed by atoms with Crippen molar-refractivity contribution in [3.63, 3.8) is 0 Å². The van der Waals surface area contributed by atoms with Crippen LogP contribution in [0.25, 0.3) is 0 Å². The van der Waals surface area contributed by atoms with Crippen LogP contribution in [0.2, 0.25) is 0 Å². The highest BCUT2D eigenvalue weighted by Crippen LogP contribution is 2.48. The second kappa shape index (κ2) is 8.62. The molecule has 0 aromatic heterocycles. The van der Waals surface area contributed by atoms with Gasteiger partial charge in [0.2, 0.25) is 13.6 Å². The minimum Gasteiger partial charge on any atom is -0.438 e. The summed E-state index contributed by atoms with van der Waals surface area (Å²) in [6, 6.07) is 0. The Bertz CT molecular complexity index is 435. The van der Waals surface area contributed by atoms with E-state index < -0.39 is 44.0 Å². The molecule has 0 saturated carbocycles. The van der Waals surface area contributed by atoms with Gasteiger partial charge in [-0.15, -0.1) is 6.58 Å². The molecule has 134 valence electrons. The van der Waals surface area contributed by atoms with Crippen molar-refractivity contribution in [1.82, 2.24) is 0 Å². The smallest absolute Gasteiger partial charge is 0.340 e. The van der Waals surface area contributed by atoms with Crippen LogP contribution in [-0.4, -0.2) is 31.7 Å². The molecule has 0 aliphatic heterocycles. The molecule has 0 spiro atoms. The quantitative estimate of drug-likeness (QED) is 0.286. The minimum absolute atomic E-state index is 0.104. The average Bonchev–Trinajstić information content (AvgIpc) is 2.36. The Hall–Kier alpha value is -1.17. The van der Waals surface area contributed by atoms with E-state index in [1.807, 2.05) is 0 Å². The summed E-state index contributed by atoms with van der Waals surface area (Å²) in [6.45, 7) is 12.5. The first-order valence-electron chi connectivity index (χ1n) is 7.15. The molecular weight excluding hydrogens is 323 g/mol. The Balaban J connectivity index is 4.46. The van der Waals surface area contributed by atoms with E-state index in [2.05, 4.69) is 6.58 Å². The van der Waals surface area contributed by atoms with Gasteiger partial charge in [0.1, 0.15) is 0 Å². The standard InChI is InChI=1S/C15H27O7P/c1-8-9-23(18,21-10-19-12(16)14(2,3)4)22-11-20-13(17)15(5,6)7/h8H,1,9-11H2,2-7H3. The number of rotatable bonds is 8. The van der Waals surface area contributed by atoms with E-state index in [-0.39, 0.29) is 6.16 Å². The van der Waals surface area contributed by atoms with Crippen molar-refractivity contribution in [2.24, 2.45) is 10.8 Å². The lowest BCUT2D eigenvalue weighted by molar-refractivity contribution is -0.161. The van der Waals surface area contributed by atoms with Crippen LogP contribution in [0.5, 0.6) is 0 Å². The molecule has 0 saturated heterocycles. The molecule has 8 heteroatoms. The third-order valence-corrected chi connectivity index (χ3v) is 4.16. The summed E-state index contributed by atoms with van der Waals surface area (Å²) >= 11 is 0. The monoisotopic (exact) mass is 350 g/mol. The summed E-state index contributed by atoms with van der Waals surface area (Å²) in [4.78, 5) is 23.2. The third kappa shape index (κ3) is 8.89. The van der Waals surface area contributed by atoms with Crippen LogP contribution < -0.4 is 0 Å². The Morgan fingerprint density at radius 3 is 1.52 bits per heavy atom. The average molecular weight is 350 g/mol. The summed E-state index contributed by atoms with van der Waals surface area (Å²) < 4.78 is 32.2. The number of esters is 2. The van der Waals surface area contributed by atoms with Gasteiger partial charge in [-0.05, 0) is 41.5 Å². The van der Waals surface area contributed by atoms with E-state index in [1.165, 1.54) is 6.08 Å². The molecule has 0 aliphatic carbocycles. The van der Waals surface area contributed by atoms with Crippen LogP contribution >= 0.6 is 7.60 Å². The molecule has 0 bridgehead atoms. The van der Waals surface area contributed by atoms with Crippen molar-refractivity contribution in [1.29, 1.82) is 0 Å². The minimum atomic E-state index is -3.61. The molecule has 0 fully saturated rings. The first kappa shape index (κ1) is 21.8. The number of carbonyl (C=O) groups excluding carboxylic acids is 2. The lowest BCUT2D eigenvalue weighted by atomic mass is 9.98. The highest BCUT2D eigenvalue weighted by atomic mass is 31.2. The molecule has 0 aromatic rings. The zero-order chi connectivity index (χ0) is 18.3. The Morgan fingerprint density at radius 1 is 0.913 bits per heavy atom. The van der Waals surface area contributed by atoms with E-state index in [4.69, 9.17) is 18.5 Å². The van der Waals surface area contributed by atoms with Crippen molar-refractivity contribution >= 4 is 19.5 Å². The number of hydrogen-bond donors (Lipinski definition) is 0. The van der Waals surface area contributed by atoms with E-state index in [9.17, 15) is 14.2 Å². The van der Waals surface area contributed by atoms with E-state index in [0.29, 0.717) is 0 Å². The molecule has 0 radical (unpaired) electrons. The van der Waals surface area contributed by atoms with E-state index in [1.54, 1.807) is 41.5 Å². The zero-order valence-corrected chi connectivity index (χ0v) is 15.6. The third-order valence-electron chi connectivity index (χ3n) is 2.46. The maximum absolute atomic E-state index is 12.4. The molecule has 0 heterocycles. The molecule has 0 atom stereocenters. The van der Waals surface area contributed by atoms with Gasteiger partial charge in [0.25, 0.3) is 0 Å². The van der Waals surface area contributed by atoms with Gasteiger partial charge in [-0.1, -0.05) is 6.08 Å². The van der Waals surface area contributed by atoms with Gasteiger partial charge in [-0.3, -0.25) is 23.2 Å². The molecule has 0 aliphatic rings. The predicted octanol–water partition coefficient (Wildman–Crippen LogP) is 3.49. The summed E-state index contributed by atoms with van der Waals surface area (Å²) in [5.41, 5.74) is -1.40. The van der Waals surface area contributed by atoms with E-state index in [0.717, 1.165) is 0 Å². The summed E-state index contributed by atoms with van der Waals surface area (Å²) in [5, 5.41) is 0. The van der Waals surface area contributed by atoms with Gasteiger partial charge < -0.3 is 9.47 Å². The summed E-state index contributed by atoms with van der Waals surface area (Å²) in [7, 11) is -3.61. The lowest BCUT2D eigenvalue weighted by Crippen LogP contribution is -2.25. The van der Waals surface area contributed by atoms with Crippen molar-refractivity contribution in [2.75, 3.05) is 19.7 Å². The van der Waals surface area contributed by atoms with Crippen molar-refractivity contribution in [3.05, 3.63) is 12.7 Å². The normalized spacial score (nSPS) is 12.6. The molecule has 0 N–H and O–H groups in total. The van der Waals surface area contributed by atoms with Gasteiger partial charge >= 0.3 is 19.5 Å². The van der Waals surface area contributed by atoms with Crippen LogP contribution in [0, 0.1) is 10.8 Å². The zero-order valence-electron chi connectivity index (χ0n) is 14.7. The Labute approximate surface area is 137 Å². The fourth-order valence-corrected chi connectivity index (χ4v) is 2.08. The second-order valence-corrected chi connectivity index (χ2v) is 9.04. The van der Waals surface area contributed by atoms with Gasteiger partial charge in [0, 0.05) is 0 Å². The molecule has 0 aromatic carbocycles. The first-order valence-corrected chi connectivity index (χ1v) is 8.88. The van der Waals surface area contributed by atoms with Gasteiger partial charge in [-0.25, -0.2) is 0 Å².